The van der Waals surface area contributed by atoms with Crippen LogP contribution in [0.1, 0.15) is 30.2 Å². The van der Waals surface area contributed by atoms with Gasteiger partial charge in [0, 0.05) is 6.54 Å². The molecule has 1 unspecified atom stereocenters. The molecule has 1 aliphatic rings. The zero-order chi connectivity index (χ0) is 18.0. The van der Waals surface area contributed by atoms with Gasteiger partial charge >= 0.3 is 6.03 Å². The second-order valence-corrected chi connectivity index (χ2v) is 6.46. The Labute approximate surface area is 146 Å². The lowest BCUT2D eigenvalue weighted by Crippen LogP contribution is -2.40. The second kappa shape index (κ2) is 6.63. The molecule has 1 aliphatic heterocycles. The van der Waals surface area contributed by atoms with E-state index in [0.717, 1.165) is 16.9 Å². The highest BCUT2D eigenvalue weighted by Gasteiger charge is 2.50. The maximum atomic E-state index is 12.6. The van der Waals surface area contributed by atoms with Gasteiger partial charge in [-0.25, -0.2) is 4.79 Å². The van der Waals surface area contributed by atoms with E-state index in [1.54, 1.807) is 19.1 Å². The molecule has 2 aromatic rings. The topological polar surface area (TPSA) is 71.8 Å². The van der Waals surface area contributed by atoms with E-state index in [4.69, 9.17) is 9.15 Å². The summed E-state index contributed by atoms with van der Waals surface area (Å²) in [6, 6.07) is 9.00. The summed E-state index contributed by atoms with van der Waals surface area (Å²) < 4.78 is 11.1. The maximum absolute atomic E-state index is 12.6. The molecule has 132 valence electrons. The quantitative estimate of drug-likeness (QED) is 0.647. The van der Waals surface area contributed by atoms with Crippen molar-refractivity contribution in [2.75, 3.05) is 13.2 Å². The van der Waals surface area contributed by atoms with Crippen LogP contribution in [-0.4, -0.2) is 30.0 Å². The van der Waals surface area contributed by atoms with Crippen LogP contribution in [0.3, 0.4) is 0 Å². The average molecular weight is 342 g/mol. The van der Waals surface area contributed by atoms with Crippen LogP contribution in [-0.2, 0) is 10.3 Å². The largest absolute Gasteiger partial charge is 0.493 e. The van der Waals surface area contributed by atoms with Crippen LogP contribution in [0.25, 0.3) is 0 Å². The van der Waals surface area contributed by atoms with E-state index in [1.807, 2.05) is 32.0 Å². The fourth-order valence-corrected chi connectivity index (χ4v) is 2.90. The molecule has 1 atom stereocenters. The summed E-state index contributed by atoms with van der Waals surface area (Å²) in [5.41, 5.74) is 1.05. The van der Waals surface area contributed by atoms with Gasteiger partial charge in [-0.1, -0.05) is 12.1 Å². The monoisotopic (exact) mass is 342 g/mol. The Morgan fingerprint density at radius 2 is 2.04 bits per heavy atom. The normalized spacial score (nSPS) is 20.0. The summed E-state index contributed by atoms with van der Waals surface area (Å²) in [4.78, 5) is 26.0. The number of hydrogen-bond acceptors (Lipinski definition) is 4. The smallest absolute Gasteiger partial charge is 0.325 e. The molecule has 1 aromatic heterocycles. The van der Waals surface area contributed by atoms with Gasteiger partial charge in [-0.3, -0.25) is 9.69 Å². The molecule has 0 saturated carbocycles. The minimum Gasteiger partial charge on any atom is -0.493 e. The molecule has 0 bridgehead atoms. The molecule has 1 saturated heterocycles. The van der Waals surface area contributed by atoms with E-state index in [0.29, 0.717) is 25.3 Å². The number of imide groups is 1. The average Bonchev–Trinajstić information content (AvgIpc) is 3.18. The van der Waals surface area contributed by atoms with Gasteiger partial charge in [-0.15, -0.1) is 0 Å². The van der Waals surface area contributed by atoms with E-state index in [9.17, 15) is 9.59 Å². The van der Waals surface area contributed by atoms with Gasteiger partial charge in [0.2, 0.25) is 0 Å². The van der Waals surface area contributed by atoms with Crippen LogP contribution in [0.15, 0.2) is 41.0 Å². The van der Waals surface area contributed by atoms with E-state index < -0.39 is 11.6 Å². The number of nitrogens with zero attached hydrogens (tertiary/aromatic N) is 1. The van der Waals surface area contributed by atoms with E-state index in [2.05, 4.69) is 5.32 Å². The van der Waals surface area contributed by atoms with Crippen LogP contribution in [0.4, 0.5) is 4.79 Å². The van der Waals surface area contributed by atoms with Gasteiger partial charge in [-0.05, 0) is 56.5 Å². The van der Waals surface area contributed by atoms with Crippen LogP contribution < -0.4 is 10.1 Å². The molecule has 0 spiro atoms. The van der Waals surface area contributed by atoms with E-state index in [1.165, 1.54) is 11.2 Å². The first-order chi connectivity index (χ1) is 11.9. The third-order valence-corrected chi connectivity index (χ3v) is 4.42. The molecule has 25 heavy (non-hydrogen) atoms. The van der Waals surface area contributed by atoms with E-state index in [-0.39, 0.29) is 5.91 Å². The van der Waals surface area contributed by atoms with Crippen molar-refractivity contribution in [1.29, 1.82) is 0 Å². The maximum Gasteiger partial charge on any atom is 0.325 e. The molecule has 1 N–H and O–H groups in total. The van der Waals surface area contributed by atoms with Crippen molar-refractivity contribution >= 4 is 11.9 Å². The fraction of sp³-hybridized carbons (Fsp3) is 0.368. The highest BCUT2D eigenvalue weighted by molar-refractivity contribution is 6.06. The standard InChI is InChI=1S/C19H22N2O4/c1-13-7-8-14(2)15(12-13)24-11-5-9-21-17(22)19(3,20-18(21)23)16-6-4-10-25-16/h4,6-8,10,12H,5,9,11H2,1-3H3,(H,20,23). The first-order valence-electron chi connectivity index (χ1n) is 8.30. The number of ether oxygens (including phenoxy) is 1. The first-order valence-corrected chi connectivity index (χ1v) is 8.30. The third kappa shape index (κ3) is 3.24. The molecular formula is C19H22N2O4. The van der Waals surface area contributed by atoms with Crippen molar-refractivity contribution < 1.29 is 18.7 Å². The summed E-state index contributed by atoms with van der Waals surface area (Å²) >= 11 is 0. The summed E-state index contributed by atoms with van der Waals surface area (Å²) in [5, 5.41) is 2.71. The number of rotatable bonds is 6. The molecule has 3 amide bonds. The summed E-state index contributed by atoms with van der Waals surface area (Å²) in [6.45, 7) is 6.37. The molecular weight excluding hydrogens is 320 g/mol. The lowest BCUT2D eigenvalue weighted by atomic mass is 9.99. The zero-order valence-electron chi connectivity index (χ0n) is 14.7. The predicted octanol–water partition coefficient (Wildman–Crippen LogP) is 3.13. The van der Waals surface area contributed by atoms with Gasteiger partial charge in [-0.2, -0.15) is 0 Å². The summed E-state index contributed by atoms with van der Waals surface area (Å²) in [6.07, 6.45) is 2.04. The Kier molecular flexibility index (Phi) is 4.53. The van der Waals surface area contributed by atoms with Gasteiger partial charge in [0.15, 0.2) is 5.54 Å². The van der Waals surface area contributed by atoms with Crippen LogP contribution in [0.2, 0.25) is 0 Å². The summed E-state index contributed by atoms with van der Waals surface area (Å²) in [7, 11) is 0. The third-order valence-electron chi connectivity index (χ3n) is 4.42. The number of urea groups is 1. The molecule has 0 radical (unpaired) electrons. The van der Waals surface area contributed by atoms with Gasteiger partial charge in [0.05, 0.1) is 12.9 Å². The highest BCUT2D eigenvalue weighted by Crippen LogP contribution is 2.29. The van der Waals surface area contributed by atoms with Crippen molar-refractivity contribution in [3.63, 3.8) is 0 Å². The Balaban J connectivity index is 1.58. The number of carbonyl (C=O) groups excluding carboxylic acids is 2. The molecule has 1 fully saturated rings. The number of benzene rings is 1. The van der Waals surface area contributed by atoms with Crippen molar-refractivity contribution in [3.05, 3.63) is 53.5 Å². The van der Waals surface area contributed by atoms with Crippen molar-refractivity contribution in [1.82, 2.24) is 10.2 Å². The number of hydrogen-bond donors (Lipinski definition) is 1. The zero-order valence-corrected chi connectivity index (χ0v) is 14.7. The van der Waals surface area contributed by atoms with E-state index >= 15 is 0 Å². The summed E-state index contributed by atoms with van der Waals surface area (Å²) in [5.74, 6) is 0.955. The van der Waals surface area contributed by atoms with Crippen LogP contribution in [0.5, 0.6) is 5.75 Å². The molecule has 0 aliphatic carbocycles. The number of amides is 3. The van der Waals surface area contributed by atoms with Crippen molar-refractivity contribution in [3.8, 4) is 5.75 Å². The number of carbonyl (C=O) groups is 2. The minimum atomic E-state index is -1.14. The Hall–Kier alpha value is -2.76. The predicted molar refractivity (Wildman–Crippen MR) is 92.3 cm³/mol. The van der Waals surface area contributed by atoms with Crippen LogP contribution >= 0.6 is 0 Å². The lowest BCUT2D eigenvalue weighted by molar-refractivity contribution is -0.131. The van der Waals surface area contributed by atoms with Crippen molar-refractivity contribution in [2.45, 2.75) is 32.7 Å². The van der Waals surface area contributed by atoms with Crippen molar-refractivity contribution in [2.24, 2.45) is 0 Å². The SMILES string of the molecule is Cc1ccc(C)c(OCCCN2C(=O)NC(C)(c3ccco3)C2=O)c1. The lowest BCUT2D eigenvalue weighted by Gasteiger charge is -2.19. The Bertz CT molecular complexity index is 785. The minimum absolute atomic E-state index is 0.297. The molecule has 1 aromatic carbocycles. The molecule has 6 heteroatoms. The fourth-order valence-electron chi connectivity index (χ4n) is 2.90. The molecule has 3 rings (SSSR count). The molecule has 6 nitrogen and oxygen atoms in total. The first kappa shape index (κ1) is 17.1. The number of furan rings is 1. The Morgan fingerprint density at radius 3 is 2.76 bits per heavy atom. The Morgan fingerprint density at radius 1 is 1.24 bits per heavy atom. The van der Waals surface area contributed by atoms with Gasteiger partial charge < -0.3 is 14.5 Å². The van der Waals surface area contributed by atoms with Gasteiger partial charge in [0.1, 0.15) is 11.5 Å². The molecule has 2 heterocycles. The van der Waals surface area contributed by atoms with Gasteiger partial charge in [0.25, 0.3) is 5.91 Å². The number of aryl methyl sites for hydroxylation is 2. The van der Waals surface area contributed by atoms with Crippen LogP contribution in [0, 0.1) is 13.8 Å². The second-order valence-electron chi connectivity index (χ2n) is 6.46. The number of nitrogens with one attached hydrogen (secondary N) is 1. The highest BCUT2D eigenvalue weighted by atomic mass is 16.5.